The van der Waals surface area contributed by atoms with Gasteiger partial charge in [-0.2, -0.15) is 4.39 Å². The molecule has 17 heavy (non-hydrogen) atoms. The Labute approximate surface area is 101 Å². The van der Waals surface area contributed by atoms with Crippen molar-refractivity contribution in [3.63, 3.8) is 0 Å². The Balaban J connectivity index is 1.99. The van der Waals surface area contributed by atoms with Crippen LogP contribution in [0.4, 0.5) is 10.2 Å². The Kier molecular flexibility index (Phi) is 3.89. The molecule has 1 aromatic rings. The number of halogens is 1. The van der Waals surface area contributed by atoms with E-state index in [0.717, 1.165) is 13.1 Å². The summed E-state index contributed by atoms with van der Waals surface area (Å²) < 4.78 is 13.0. The Morgan fingerprint density at radius 3 is 3.06 bits per heavy atom. The third kappa shape index (κ3) is 2.91. The molecule has 2 heterocycles. The lowest BCUT2D eigenvalue weighted by molar-refractivity contribution is 0.270. The molecule has 0 amide bonds. The van der Waals surface area contributed by atoms with Gasteiger partial charge in [-0.25, -0.2) is 9.97 Å². The standard InChI is InChI=1S/C12H19FN4/c1-3-17-6-4-5-10(17)8-16(2)12-7-11(13)14-9-15-12/h7,9-10H,3-6,8H2,1-2H3. The van der Waals surface area contributed by atoms with Gasteiger partial charge >= 0.3 is 0 Å². The third-order valence-electron chi connectivity index (χ3n) is 3.40. The molecule has 1 saturated heterocycles. The van der Waals surface area contributed by atoms with E-state index in [1.807, 2.05) is 11.9 Å². The molecule has 4 nitrogen and oxygen atoms in total. The fraction of sp³-hybridized carbons (Fsp3) is 0.667. The highest BCUT2D eigenvalue weighted by Crippen LogP contribution is 2.19. The van der Waals surface area contributed by atoms with Crippen LogP contribution in [0.5, 0.6) is 0 Å². The van der Waals surface area contributed by atoms with E-state index < -0.39 is 5.95 Å². The van der Waals surface area contributed by atoms with Crippen LogP contribution < -0.4 is 4.90 Å². The predicted octanol–water partition coefficient (Wildman–Crippen LogP) is 1.54. The van der Waals surface area contributed by atoms with Gasteiger partial charge in [0.15, 0.2) is 0 Å². The Morgan fingerprint density at radius 2 is 2.35 bits per heavy atom. The molecule has 1 unspecified atom stereocenters. The molecular weight excluding hydrogens is 219 g/mol. The summed E-state index contributed by atoms with van der Waals surface area (Å²) >= 11 is 0. The van der Waals surface area contributed by atoms with E-state index in [2.05, 4.69) is 21.8 Å². The maximum Gasteiger partial charge on any atom is 0.218 e. The lowest BCUT2D eigenvalue weighted by atomic mass is 10.2. The van der Waals surface area contributed by atoms with Crippen molar-refractivity contribution >= 4 is 5.82 Å². The number of nitrogens with zero attached hydrogens (tertiary/aromatic N) is 4. The summed E-state index contributed by atoms with van der Waals surface area (Å²) in [6.45, 7) is 5.33. The van der Waals surface area contributed by atoms with Crippen molar-refractivity contribution < 1.29 is 4.39 Å². The lowest BCUT2D eigenvalue weighted by Gasteiger charge is -2.28. The fourth-order valence-electron chi connectivity index (χ4n) is 2.46. The largest absolute Gasteiger partial charge is 0.358 e. The smallest absolute Gasteiger partial charge is 0.218 e. The first-order chi connectivity index (χ1) is 8.20. The van der Waals surface area contributed by atoms with Crippen molar-refractivity contribution in [1.29, 1.82) is 0 Å². The van der Waals surface area contributed by atoms with Crippen LogP contribution in [-0.2, 0) is 0 Å². The first-order valence-electron chi connectivity index (χ1n) is 6.13. The summed E-state index contributed by atoms with van der Waals surface area (Å²) in [6.07, 6.45) is 3.74. The number of hydrogen-bond acceptors (Lipinski definition) is 4. The molecule has 94 valence electrons. The van der Waals surface area contributed by atoms with E-state index in [1.54, 1.807) is 0 Å². The van der Waals surface area contributed by atoms with E-state index in [9.17, 15) is 4.39 Å². The van der Waals surface area contributed by atoms with Crippen molar-refractivity contribution in [3.05, 3.63) is 18.3 Å². The van der Waals surface area contributed by atoms with Gasteiger partial charge in [-0.05, 0) is 25.9 Å². The summed E-state index contributed by atoms with van der Waals surface area (Å²) in [5.74, 6) is 0.182. The van der Waals surface area contributed by atoms with Gasteiger partial charge in [0.25, 0.3) is 0 Å². The van der Waals surface area contributed by atoms with Crippen LogP contribution in [0.2, 0.25) is 0 Å². The molecule has 0 saturated carbocycles. The van der Waals surface area contributed by atoms with Crippen LogP contribution in [0.15, 0.2) is 12.4 Å². The predicted molar refractivity (Wildman–Crippen MR) is 65.5 cm³/mol. The number of likely N-dealkylation sites (N-methyl/N-ethyl adjacent to an activating group) is 2. The summed E-state index contributed by atoms with van der Waals surface area (Å²) in [7, 11) is 1.95. The monoisotopic (exact) mass is 238 g/mol. The maximum atomic E-state index is 13.0. The molecule has 1 aliphatic heterocycles. The molecule has 1 fully saturated rings. The van der Waals surface area contributed by atoms with Gasteiger partial charge in [0.05, 0.1) is 0 Å². The van der Waals surface area contributed by atoms with Crippen molar-refractivity contribution in [2.24, 2.45) is 0 Å². The molecule has 0 bridgehead atoms. The van der Waals surface area contributed by atoms with Crippen LogP contribution in [0.3, 0.4) is 0 Å². The molecule has 5 heteroatoms. The van der Waals surface area contributed by atoms with Crippen molar-refractivity contribution in [2.45, 2.75) is 25.8 Å². The van der Waals surface area contributed by atoms with Gasteiger partial charge in [0, 0.05) is 25.7 Å². The topological polar surface area (TPSA) is 32.3 Å². The summed E-state index contributed by atoms with van der Waals surface area (Å²) in [4.78, 5) is 12.0. The number of hydrogen-bond donors (Lipinski definition) is 0. The molecule has 0 radical (unpaired) electrons. The normalized spacial score (nSPS) is 20.8. The quantitative estimate of drug-likeness (QED) is 0.745. The average molecular weight is 238 g/mol. The van der Waals surface area contributed by atoms with Crippen LogP contribution in [0.1, 0.15) is 19.8 Å². The summed E-state index contributed by atoms with van der Waals surface area (Å²) in [6, 6.07) is 1.94. The van der Waals surface area contributed by atoms with Gasteiger partial charge in [-0.1, -0.05) is 6.92 Å². The van der Waals surface area contributed by atoms with E-state index in [-0.39, 0.29) is 0 Å². The molecule has 0 spiro atoms. The van der Waals surface area contributed by atoms with Gasteiger partial charge < -0.3 is 4.90 Å². The summed E-state index contributed by atoms with van der Waals surface area (Å²) in [5, 5.41) is 0. The van der Waals surface area contributed by atoms with Crippen molar-refractivity contribution in [3.8, 4) is 0 Å². The second-order valence-electron chi connectivity index (χ2n) is 4.50. The molecular formula is C12H19FN4. The summed E-state index contributed by atoms with van der Waals surface area (Å²) in [5.41, 5.74) is 0. The minimum Gasteiger partial charge on any atom is -0.358 e. The molecule has 0 aliphatic carbocycles. The second kappa shape index (κ2) is 5.40. The van der Waals surface area contributed by atoms with Gasteiger partial charge in [-0.3, -0.25) is 4.90 Å². The van der Waals surface area contributed by atoms with Crippen LogP contribution in [0.25, 0.3) is 0 Å². The zero-order valence-electron chi connectivity index (χ0n) is 10.4. The second-order valence-corrected chi connectivity index (χ2v) is 4.50. The average Bonchev–Trinajstić information content (AvgIpc) is 2.76. The van der Waals surface area contributed by atoms with E-state index in [4.69, 9.17) is 0 Å². The molecule has 1 aliphatic rings. The van der Waals surface area contributed by atoms with Crippen molar-refractivity contribution in [2.75, 3.05) is 31.6 Å². The number of likely N-dealkylation sites (tertiary alicyclic amines) is 1. The van der Waals surface area contributed by atoms with E-state index >= 15 is 0 Å². The molecule has 1 aromatic heterocycles. The maximum absolute atomic E-state index is 13.0. The first-order valence-corrected chi connectivity index (χ1v) is 6.13. The Bertz CT molecular complexity index is 371. The highest BCUT2D eigenvalue weighted by Gasteiger charge is 2.24. The SMILES string of the molecule is CCN1CCCC1CN(C)c1cc(F)ncn1. The zero-order chi connectivity index (χ0) is 12.3. The lowest BCUT2D eigenvalue weighted by Crippen LogP contribution is -2.39. The molecule has 2 rings (SSSR count). The minimum atomic E-state index is -0.472. The van der Waals surface area contributed by atoms with Gasteiger partial charge in [-0.15, -0.1) is 0 Å². The van der Waals surface area contributed by atoms with Crippen molar-refractivity contribution in [1.82, 2.24) is 14.9 Å². The Hall–Kier alpha value is -1.23. The van der Waals surface area contributed by atoms with Crippen LogP contribution >= 0.6 is 0 Å². The highest BCUT2D eigenvalue weighted by molar-refractivity contribution is 5.35. The van der Waals surface area contributed by atoms with Crippen LogP contribution in [0, 0.1) is 5.95 Å². The number of aromatic nitrogens is 2. The third-order valence-corrected chi connectivity index (χ3v) is 3.40. The molecule has 0 aromatic carbocycles. The molecule has 0 N–H and O–H groups in total. The van der Waals surface area contributed by atoms with E-state index in [0.29, 0.717) is 11.9 Å². The molecule has 1 atom stereocenters. The van der Waals surface area contributed by atoms with E-state index in [1.165, 1.54) is 31.8 Å². The highest BCUT2D eigenvalue weighted by atomic mass is 19.1. The van der Waals surface area contributed by atoms with Crippen LogP contribution in [-0.4, -0.2) is 47.6 Å². The number of anilines is 1. The van der Waals surface area contributed by atoms with Gasteiger partial charge in [0.1, 0.15) is 12.1 Å². The van der Waals surface area contributed by atoms with Gasteiger partial charge in [0.2, 0.25) is 5.95 Å². The minimum absolute atomic E-state index is 0.472. The fourth-order valence-corrected chi connectivity index (χ4v) is 2.46. The number of rotatable bonds is 4. The zero-order valence-corrected chi connectivity index (χ0v) is 10.4. The first kappa shape index (κ1) is 12.2. The Morgan fingerprint density at radius 1 is 1.53 bits per heavy atom.